The molecule has 0 saturated carbocycles. The first-order valence-electron chi connectivity index (χ1n) is 11.3. The molecule has 0 bridgehead atoms. The Morgan fingerprint density at radius 1 is 1.03 bits per heavy atom. The maximum Gasteiger partial charge on any atom is 0.290 e. The van der Waals surface area contributed by atoms with Crippen molar-refractivity contribution in [2.45, 2.75) is 32.2 Å². The third-order valence-electron chi connectivity index (χ3n) is 6.37. The largest absolute Gasteiger partial charge is 0.483 e. The Morgan fingerprint density at radius 2 is 1.62 bits per heavy atom. The molecule has 2 aliphatic rings. The number of halogens is 1. The summed E-state index contributed by atoms with van der Waals surface area (Å²) in [6.45, 7) is 4.55. The molecule has 0 radical (unpaired) electrons. The summed E-state index contributed by atoms with van der Waals surface area (Å²) in [5.74, 6) is 2.08. The van der Waals surface area contributed by atoms with Crippen LogP contribution < -0.4 is 9.64 Å². The van der Waals surface area contributed by atoms with Gasteiger partial charge in [0.15, 0.2) is 5.82 Å². The monoisotopic (exact) mass is 476 g/mol. The van der Waals surface area contributed by atoms with E-state index in [0.717, 1.165) is 68.8 Å². The fourth-order valence-electron chi connectivity index (χ4n) is 4.79. The second-order valence-electron chi connectivity index (χ2n) is 8.15. The van der Waals surface area contributed by atoms with E-state index in [2.05, 4.69) is 25.8 Å². The summed E-state index contributed by atoms with van der Waals surface area (Å²) in [4.78, 5) is 29.6. The molecule has 10 heteroatoms. The van der Waals surface area contributed by atoms with Gasteiger partial charge in [-0.2, -0.15) is 0 Å². The van der Waals surface area contributed by atoms with Crippen molar-refractivity contribution in [3.8, 4) is 5.88 Å². The van der Waals surface area contributed by atoms with Crippen LogP contribution in [-0.2, 0) is 16.1 Å². The average molecular weight is 477 g/mol. The minimum atomic E-state index is -0.250. The van der Waals surface area contributed by atoms with Gasteiger partial charge in [-0.25, -0.2) is 9.37 Å². The van der Waals surface area contributed by atoms with E-state index in [0.29, 0.717) is 5.69 Å². The second kappa shape index (κ2) is 14.8. The average Bonchev–Trinajstić information content (AvgIpc) is 2.86. The second-order valence-corrected chi connectivity index (χ2v) is 8.15. The predicted octanol–water partition coefficient (Wildman–Crippen LogP) is 3.15. The van der Waals surface area contributed by atoms with Gasteiger partial charge in [0.05, 0.1) is 19.0 Å². The third kappa shape index (κ3) is 7.95. The van der Waals surface area contributed by atoms with Gasteiger partial charge in [0.1, 0.15) is 0 Å². The summed E-state index contributed by atoms with van der Waals surface area (Å²) < 4.78 is 19.4. The van der Waals surface area contributed by atoms with Crippen molar-refractivity contribution in [1.82, 2.24) is 14.9 Å². The van der Waals surface area contributed by atoms with Crippen LogP contribution in [0.3, 0.4) is 0 Å². The normalized spacial score (nSPS) is 16.9. The van der Waals surface area contributed by atoms with Crippen molar-refractivity contribution in [1.29, 1.82) is 0 Å². The van der Waals surface area contributed by atoms with Gasteiger partial charge >= 0.3 is 0 Å². The Balaban J connectivity index is 0.000000618. The molecule has 2 aromatic rings. The van der Waals surface area contributed by atoms with Crippen molar-refractivity contribution in [3.63, 3.8) is 0 Å². The zero-order valence-electron chi connectivity index (χ0n) is 19.4. The SMILES string of the molecule is COc1ncccc1CN1CCC(C2CCN(c3ccncc3F)CC2)CC1.O=CO.O=CO. The summed E-state index contributed by atoms with van der Waals surface area (Å²) in [7, 11) is 1.68. The minimum absolute atomic E-state index is 0.208. The molecular formula is C24H33FN4O5. The quantitative estimate of drug-likeness (QED) is 0.628. The number of pyridine rings is 2. The van der Waals surface area contributed by atoms with Crippen molar-refractivity contribution >= 4 is 18.6 Å². The number of piperidine rings is 2. The number of carboxylic acid groups (broad SMARTS) is 2. The lowest BCUT2D eigenvalue weighted by Gasteiger charge is -2.41. The molecule has 0 spiro atoms. The Labute approximate surface area is 199 Å². The van der Waals surface area contributed by atoms with Gasteiger partial charge in [-0.15, -0.1) is 0 Å². The Kier molecular flexibility index (Phi) is 11.7. The molecule has 0 aromatic carbocycles. The topological polar surface area (TPSA) is 116 Å². The lowest BCUT2D eigenvalue weighted by Crippen LogP contribution is -2.40. The summed E-state index contributed by atoms with van der Waals surface area (Å²) >= 11 is 0. The van der Waals surface area contributed by atoms with Crippen LogP contribution in [0.25, 0.3) is 0 Å². The van der Waals surface area contributed by atoms with Crippen molar-refractivity contribution in [2.75, 3.05) is 38.2 Å². The van der Waals surface area contributed by atoms with E-state index in [4.69, 9.17) is 24.5 Å². The van der Waals surface area contributed by atoms with Crippen LogP contribution in [-0.4, -0.2) is 71.3 Å². The van der Waals surface area contributed by atoms with Gasteiger partial charge in [0, 0.05) is 37.6 Å². The number of anilines is 1. The molecule has 0 amide bonds. The molecule has 2 fully saturated rings. The smallest absolute Gasteiger partial charge is 0.290 e. The van der Waals surface area contributed by atoms with E-state index in [9.17, 15) is 4.39 Å². The molecule has 0 unspecified atom stereocenters. The Hall–Kier alpha value is -3.27. The summed E-state index contributed by atoms with van der Waals surface area (Å²) in [5.41, 5.74) is 1.87. The molecule has 2 saturated heterocycles. The van der Waals surface area contributed by atoms with Gasteiger partial charge < -0.3 is 19.8 Å². The van der Waals surface area contributed by atoms with Crippen LogP contribution in [0, 0.1) is 17.7 Å². The van der Waals surface area contributed by atoms with E-state index < -0.39 is 0 Å². The van der Waals surface area contributed by atoms with Gasteiger partial charge in [-0.1, -0.05) is 6.07 Å². The van der Waals surface area contributed by atoms with E-state index in [-0.39, 0.29) is 18.8 Å². The first-order chi connectivity index (χ1) is 16.6. The summed E-state index contributed by atoms with van der Waals surface area (Å²) in [6, 6.07) is 5.87. The predicted molar refractivity (Wildman–Crippen MR) is 125 cm³/mol. The zero-order valence-corrected chi connectivity index (χ0v) is 19.4. The molecule has 186 valence electrons. The van der Waals surface area contributed by atoms with Crippen LogP contribution in [0.5, 0.6) is 5.88 Å². The van der Waals surface area contributed by atoms with Crippen LogP contribution in [0.1, 0.15) is 31.2 Å². The maximum atomic E-state index is 14.0. The lowest BCUT2D eigenvalue weighted by molar-refractivity contribution is -0.123. The highest BCUT2D eigenvalue weighted by Gasteiger charge is 2.30. The number of aromatic nitrogens is 2. The fourth-order valence-corrected chi connectivity index (χ4v) is 4.79. The highest BCUT2D eigenvalue weighted by atomic mass is 19.1. The molecule has 0 aliphatic carbocycles. The number of rotatable bonds is 5. The molecular weight excluding hydrogens is 443 g/mol. The highest BCUT2D eigenvalue weighted by molar-refractivity contribution is 5.46. The number of methoxy groups -OCH3 is 1. The van der Waals surface area contributed by atoms with E-state index >= 15 is 0 Å². The fraction of sp³-hybridized carbons (Fsp3) is 0.500. The van der Waals surface area contributed by atoms with E-state index in [1.54, 1.807) is 25.6 Å². The third-order valence-corrected chi connectivity index (χ3v) is 6.37. The first-order valence-corrected chi connectivity index (χ1v) is 11.3. The summed E-state index contributed by atoms with van der Waals surface area (Å²) in [5, 5.41) is 13.8. The van der Waals surface area contributed by atoms with Crippen molar-refractivity contribution < 1.29 is 28.9 Å². The van der Waals surface area contributed by atoms with Crippen LogP contribution in [0.4, 0.5) is 10.1 Å². The van der Waals surface area contributed by atoms with Crippen LogP contribution in [0.2, 0.25) is 0 Å². The van der Waals surface area contributed by atoms with Crippen molar-refractivity contribution in [3.05, 3.63) is 48.2 Å². The van der Waals surface area contributed by atoms with Crippen molar-refractivity contribution in [2.24, 2.45) is 11.8 Å². The number of hydrogen-bond donors (Lipinski definition) is 2. The molecule has 2 aliphatic heterocycles. The van der Waals surface area contributed by atoms with Gasteiger partial charge in [0.25, 0.3) is 12.9 Å². The Morgan fingerprint density at radius 3 is 2.18 bits per heavy atom. The van der Waals surface area contributed by atoms with E-state index in [1.165, 1.54) is 19.0 Å². The maximum absolute atomic E-state index is 14.0. The lowest BCUT2D eigenvalue weighted by atomic mass is 9.78. The molecule has 2 aromatic heterocycles. The zero-order chi connectivity index (χ0) is 24.8. The number of ether oxygens (including phenoxy) is 1. The molecule has 34 heavy (non-hydrogen) atoms. The molecule has 9 nitrogen and oxygen atoms in total. The number of likely N-dealkylation sites (tertiary alicyclic amines) is 1. The van der Waals surface area contributed by atoms with Gasteiger partial charge in [-0.05, 0) is 62.7 Å². The number of carbonyl (C=O) groups is 2. The molecule has 2 N–H and O–H groups in total. The van der Waals surface area contributed by atoms with Crippen LogP contribution in [0.15, 0.2) is 36.8 Å². The summed E-state index contributed by atoms with van der Waals surface area (Å²) in [6.07, 6.45) is 9.57. The first kappa shape index (κ1) is 27.0. The van der Waals surface area contributed by atoms with E-state index in [1.807, 2.05) is 6.07 Å². The standard InChI is InChI=1S/C22H29FN4O.2CH2O2/c1-28-22-19(3-2-9-25-22)16-26-11-5-17(6-12-26)18-7-13-27(14-8-18)21-4-10-24-15-20(21)23;2*2-1-3/h2-4,9-10,15,17-18H,5-8,11-14,16H2,1H3;2*1H,(H,2,3). The molecule has 4 rings (SSSR count). The number of hydrogen-bond acceptors (Lipinski definition) is 7. The highest BCUT2D eigenvalue weighted by Crippen LogP contribution is 2.34. The molecule has 4 heterocycles. The minimum Gasteiger partial charge on any atom is -0.483 e. The van der Waals surface area contributed by atoms with Gasteiger partial charge in [0.2, 0.25) is 5.88 Å². The van der Waals surface area contributed by atoms with Gasteiger partial charge in [-0.3, -0.25) is 19.5 Å². The molecule has 0 atom stereocenters. The Bertz CT molecular complexity index is 866. The number of nitrogens with zero attached hydrogens (tertiary/aromatic N) is 4. The van der Waals surface area contributed by atoms with Crippen LogP contribution >= 0.6 is 0 Å².